The van der Waals surface area contributed by atoms with Crippen molar-refractivity contribution in [2.24, 2.45) is 0 Å². The molecular weight excluding hydrogens is 257 g/mol. The van der Waals surface area contributed by atoms with Gasteiger partial charge in [0.15, 0.2) is 5.78 Å². The molecule has 0 fully saturated rings. The number of carbonyl (C=O) groups excluding carboxylic acids is 1. The molecule has 1 aromatic rings. The molecule has 18 heavy (non-hydrogen) atoms. The molecular formula is C12H16FNO3S. The fourth-order valence-electron chi connectivity index (χ4n) is 1.44. The molecule has 0 unspecified atom stereocenters. The molecule has 100 valence electrons. The van der Waals surface area contributed by atoms with Crippen molar-refractivity contribution in [3.63, 3.8) is 0 Å². The molecule has 0 aliphatic rings. The summed E-state index contributed by atoms with van der Waals surface area (Å²) in [6.45, 7) is 1.56. The SMILES string of the molecule is CCS(=O)(=O)CCCC(=O)c1ccc(N)c(F)c1. The van der Waals surface area contributed by atoms with E-state index in [1.807, 2.05) is 0 Å². The van der Waals surface area contributed by atoms with Crippen molar-refractivity contribution < 1.29 is 17.6 Å². The average molecular weight is 273 g/mol. The van der Waals surface area contributed by atoms with Gasteiger partial charge in [0, 0.05) is 17.7 Å². The lowest BCUT2D eigenvalue weighted by atomic mass is 10.1. The minimum absolute atomic E-state index is 0.0138. The van der Waals surface area contributed by atoms with Crippen molar-refractivity contribution in [2.75, 3.05) is 17.2 Å². The van der Waals surface area contributed by atoms with Gasteiger partial charge in [-0.2, -0.15) is 0 Å². The molecule has 0 saturated carbocycles. The second kappa shape index (κ2) is 5.95. The number of rotatable bonds is 6. The first kappa shape index (κ1) is 14.6. The first-order valence-corrected chi connectivity index (χ1v) is 7.46. The van der Waals surface area contributed by atoms with Crippen molar-refractivity contribution in [3.05, 3.63) is 29.6 Å². The van der Waals surface area contributed by atoms with E-state index in [4.69, 9.17) is 5.73 Å². The Morgan fingerprint density at radius 1 is 1.39 bits per heavy atom. The lowest BCUT2D eigenvalue weighted by Crippen LogP contribution is -2.10. The summed E-state index contributed by atoms with van der Waals surface area (Å²) in [5, 5.41) is 0. The molecule has 0 atom stereocenters. The van der Waals surface area contributed by atoms with Gasteiger partial charge in [0.05, 0.1) is 11.4 Å². The van der Waals surface area contributed by atoms with Gasteiger partial charge < -0.3 is 5.73 Å². The molecule has 1 rings (SSSR count). The van der Waals surface area contributed by atoms with Gasteiger partial charge in [-0.05, 0) is 24.6 Å². The third-order valence-electron chi connectivity index (χ3n) is 2.62. The van der Waals surface area contributed by atoms with Crippen LogP contribution in [0.4, 0.5) is 10.1 Å². The van der Waals surface area contributed by atoms with Crippen molar-refractivity contribution in [2.45, 2.75) is 19.8 Å². The number of anilines is 1. The number of nitrogen functional groups attached to an aromatic ring is 1. The van der Waals surface area contributed by atoms with Crippen LogP contribution in [0.5, 0.6) is 0 Å². The molecule has 2 N–H and O–H groups in total. The zero-order valence-electron chi connectivity index (χ0n) is 10.1. The van der Waals surface area contributed by atoms with Crippen LogP contribution in [-0.4, -0.2) is 25.7 Å². The monoisotopic (exact) mass is 273 g/mol. The summed E-state index contributed by atoms with van der Waals surface area (Å²) in [5.74, 6) is -0.869. The largest absolute Gasteiger partial charge is 0.396 e. The molecule has 0 aliphatic heterocycles. The van der Waals surface area contributed by atoms with Gasteiger partial charge in [0.25, 0.3) is 0 Å². The number of sulfone groups is 1. The first-order chi connectivity index (χ1) is 8.35. The van der Waals surface area contributed by atoms with Crippen LogP contribution in [0.3, 0.4) is 0 Å². The van der Waals surface area contributed by atoms with Gasteiger partial charge in [-0.1, -0.05) is 6.92 Å². The van der Waals surface area contributed by atoms with Gasteiger partial charge in [-0.25, -0.2) is 12.8 Å². The number of carbonyl (C=O) groups is 1. The predicted octanol–water partition coefficient (Wildman–Crippen LogP) is 1.81. The van der Waals surface area contributed by atoms with Crippen LogP contribution in [0.15, 0.2) is 18.2 Å². The Bertz CT molecular complexity index is 540. The van der Waals surface area contributed by atoms with Gasteiger partial charge >= 0.3 is 0 Å². The van der Waals surface area contributed by atoms with Crippen LogP contribution in [0.2, 0.25) is 0 Å². The van der Waals surface area contributed by atoms with Gasteiger partial charge in [0.1, 0.15) is 15.7 Å². The Morgan fingerprint density at radius 2 is 2.06 bits per heavy atom. The highest BCUT2D eigenvalue weighted by molar-refractivity contribution is 7.91. The maximum Gasteiger partial charge on any atom is 0.163 e. The fourth-order valence-corrected chi connectivity index (χ4v) is 2.31. The van der Waals surface area contributed by atoms with Crippen LogP contribution < -0.4 is 5.73 Å². The molecule has 0 amide bonds. The Labute approximate surface area is 106 Å². The highest BCUT2D eigenvalue weighted by atomic mass is 32.2. The lowest BCUT2D eigenvalue weighted by Gasteiger charge is -2.03. The highest BCUT2D eigenvalue weighted by Crippen LogP contribution is 2.14. The maximum atomic E-state index is 13.1. The molecule has 4 nitrogen and oxygen atoms in total. The normalized spacial score (nSPS) is 11.4. The molecule has 0 heterocycles. The zero-order valence-corrected chi connectivity index (χ0v) is 11.0. The van der Waals surface area contributed by atoms with E-state index < -0.39 is 15.7 Å². The van der Waals surface area contributed by atoms with E-state index in [1.165, 1.54) is 12.1 Å². The Balaban J connectivity index is 2.58. The third-order valence-corrected chi connectivity index (χ3v) is 4.41. The van der Waals surface area contributed by atoms with Crippen LogP contribution >= 0.6 is 0 Å². The number of nitrogens with two attached hydrogens (primary N) is 1. The number of hydrogen-bond donors (Lipinski definition) is 1. The van der Waals surface area contributed by atoms with Crippen molar-refractivity contribution >= 4 is 21.3 Å². The van der Waals surface area contributed by atoms with Gasteiger partial charge in [0.2, 0.25) is 0 Å². The van der Waals surface area contributed by atoms with E-state index in [1.54, 1.807) is 6.92 Å². The van der Waals surface area contributed by atoms with Gasteiger partial charge in [-0.3, -0.25) is 4.79 Å². The third kappa shape index (κ3) is 4.10. The van der Waals surface area contributed by atoms with E-state index in [2.05, 4.69) is 0 Å². The van der Waals surface area contributed by atoms with E-state index >= 15 is 0 Å². The van der Waals surface area contributed by atoms with E-state index in [0.29, 0.717) is 0 Å². The summed E-state index contributed by atoms with van der Waals surface area (Å²) in [5.41, 5.74) is 5.50. The average Bonchev–Trinajstić information content (AvgIpc) is 2.32. The topological polar surface area (TPSA) is 77.2 Å². The fraction of sp³-hybridized carbons (Fsp3) is 0.417. The smallest absolute Gasteiger partial charge is 0.163 e. The second-order valence-corrected chi connectivity index (χ2v) is 6.47. The standard InChI is InChI=1S/C12H16FNO3S/c1-2-18(16,17)7-3-4-12(15)9-5-6-11(14)10(13)8-9/h5-6,8H,2-4,7,14H2,1H3. The minimum Gasteiger partial charge on any atom is -0.396 e. The van der Waals surface area contributed by atoms with E-state index in [0.717, 1.165) is 6.07 Å². The van der Waals surface area contributed by atoms with E-state index in [9.17, 15) is 17.6 Å². The molecule has 0 radical (unpaired) electrons. The number of hydrogen-bond acceptors (Lipinski definition) is 4. The Kier molecular flexibility index (Phi) is 4.84. The van der Waals surface area contributed by atoms with Crippen LogP contribution in [-0.2, 0) is 9.84 Å². The molecule has 0 saturated heterocycles. The van der Waals surface area contributed by atoms with Crippen molar-refractivity contribution in [1.82, 2.24) is 0 Å². The summed E-state index contributed by atoms with van der Waals surface area (Å²) < 4.78 is 35.6. The minimum atomic E-state index is -3.06. The summed E-state index contributed by atoms with van der Waals surface area (Å²) in [4.78, 5) is 11.7. The second-order valence-electron chi connectivity index (χ2n) is 4.00. The molecule has 0 aliphatic carbocycles. The molecule has 0 aromatic heterocycles. The summed E-state index contributed by atoms with van der Waals surface area (Å²) >= 11 is 0. The summed E-state index contributed by atoms with van der Waals surface area (Å²) in [6.07, 6.45) is 0.337. The Hall–Kier alpha value is -1.43. The number of benzene rings is 1. The van der Waals surface area contributed by atoms with Crippen molar-refractivity contribution in [3.8, 4) is 0 Å². The lowest BCUT2D eigenvalue weighted by molar-refractivity contribution is 0.0981. The van der Waals surface area contributed by atoms with Crippen LogP contribution in [0, 0.1) is 5.82 Å². The highest BCUT2D eigenvalue weighted by Gasteiger charge is 2.11. The number of Topliss-reactive ketones (excluding diaryl/α,β-unsaturated/α-hetero) is 1. The molecule has 6 heteroatoms. The summed E-state index contributed by atoms with van der Waals surface area (Å²) in [7, 11) is -3.06. The molecule has 1 aromatic carbocycles. The van der Waals surface area contributed by atoms with Crippen molar-refractivity contribution in [1.29, 1.82) is 0 Å². The Morgan fingerprint density at radius 3 is 2.61 bits per heavy atom. The molecule has 0 bridgehead atoms. The van der Waals surface area contributed by atoms with Gasteiger partial charge in [-0.15, -0.1) is 0 Å². The predicted molar refractivity (Wildman–Crippen MR) is 68.7 cm³/mol. The maximum absolute atomic E-state index is 13.1. The van der Waals surface area contributed by atoms with E-state index in [-0.39, 0.29) is 41.4 Å². The first-order valence-electron chi connectivity index (χ1n) is 5.64. The van der Waals surface area contributed by atoms with Crippen LogP contribution in [0.25, 0.3) is 0 Å². The number of halogens is 1. The number of ketones is 1. The van der Waals surface area contributed by atoms with Crippen LogP contribution in [0.1, 0.15) is 30.1 Å². The zero-order chi connectivity index (χ0) is 13.8. The molecule has 0 spiro atoms. The summed E-state index contributed by atoms with van der Waals surface area (Å²) in [6, 6.07) is 3.84. The quantitative estimate of drug-likeness (QED) is 0.633.